The van der Waals surface area contributed by atoms with Crippen LogP contribution >= 0.6 is 16.7 Å². The Morgan fingerprint density at radius 2 is 1.33 bits per heavy atom. The Hall–Kier alpha value is 0.820. The molecule has 124 valence electrons. The largest absolute Gasteiger partial charge is 0.294 e. The third-order valence-corrected chi connectivity index (χ3v) is 10.5. The third kappa shape index (κ3) is 6.85. The van der Waals surface area contributed by atoms with Gasteiger partial charge in [0, 0.05) is 6.29 Å². The van der Waals surface area contributed by atoms with Gasteiger partial charge in [0.2, 0.25) is 0 Å². The molecule has 2 aliphatic carbocycles. The average Bonchev–Trinajstić information content (AvgIpc) is 2.48. The lowest BCUT2D eigenvalue weighted by Gasteiger charge is -2.38. The monoisotopic (exact) mass is 329 g/mol. The van der Waals surface area contributed by atoms with E-state index >= 15 is 0 Å². The fraction of sp³-hybridized carbons (Fsp3) is 1.00. The first-order valence-electron chi connectivity index (χ1n) is 9.28. The quantitative estimate of drug-likeness (QED) is 0.444. The van der Waals surface area contributed by atoms with Crippen LogP contribution in [-0.2, 0) is 0 Å². The van der Waals surface area contributed by atoms with Gasteiger partial charge in [0.05, 0.1) is 0 Å². The molecule has 2 fully saturated rings. The van der Waals surface area contributed by atoms with E-state index in [1.54, 1.807) is 25.7 Å². The lowest BCUT2D eigenvalue weighted by molar-refractivity contribution is 0.477. The van der Waals surface area contributed by atoms with Crippen LogP contribution in [0.4, 0.5) is 0 Å². The molecule has 2 rings (SSSR count). The maximum atomic E-state index is 3.89. The van der Waals surface area contributed by atoms with E-state index in [0.29, 0.717) is 5.41 Å². The molecule has 0 aliphatic heterocycles. The topological polar surface area (TPSA) is 12.0 Å². The number of nitrogens with one attached hydrogen (secondary N) is 1. The van der Waals surface area contributed by atoms with Crippen molar-refractivity contribution in [2.75, 3.05) is 12.4 Å². The lowest BCUT2D eigenvalue weighted by Crippen LogP contribution is -2.25. The molecule has 1 N–H and O–H groups in total. The van der Waals surface area contributed by atoms with E-state index in [0.717, 1.165) is 20.0 Å². The van der Waals surface area contributed by atoms with Gasteiger partial charge in [0.1, 0.15) is 0 Å². The van der Waals surface area contributed by atoms with Gasteiger partial charge in [-0.05, 0) is 48.6 Å². The van der Waals surface area contributed by atoms with Crippen molar-refractivity contribution < 1.29 is 0 Å². The summed E-state index contributed by atoms with van der Waals surface area (Å²) < 4.78 is 0. The maximum Gasteiger partial charge on any atom is 0.0194 e. The lowest BCUT2D eigenvalue weighted by atomic mass is 9.99. The van der Waals surface area contributed by atoms with Gasteiger partial charge in [-0.2, -0.15) is 0 Å². The summed E-state index contributed by atoms with van der Waals surface area (Å²) in [5.74, 6) is 0. The Balaban J connectivity index is 1.82. The van der Waals surface area contributed by atoms with Crippen LogP contribution in [0.5, 0.6) is 0 Å². The molecule has 0 aromatic heterocycles. The number of hydrogen-bond acceptors (Lipinski definition) is 1. The van der Waals surface area contributed by atoms with Crippen molar-refractivity contribution in [3.63, 3.8) is 0 Å². The molecular formula is C18H37NP2. The highest BCUT2D eigenvalue weighted by Crippen LogP contribution is 2.55. The van der Waals surface area contributed by atoms with Crippen LogP contribution in [0.25, 0.3) is 0 Å². The van der Waals surface area contributed by atoms with E-state index in [1.165, 1.54) is 51.0 Å². The molecule has 1 nitrogen and oxygen atoms in total. The maximum absolute atomic E-state index is 3.89. The zero-order chi connectivity index (χ0) is 15.1. The minimum Gasteiger partial charge on any atom is -0.294 e. The smallest absolute Gasteiger partial charge is 0.0194 e. The summed E-state index contributed by atoms with van der Waals surface area (Å²) in [4.78, 5) is 0. The summed E-state index contributed by atoms with van der Waals surface area (Å²) in [5, 5.41) is 3.89. The van der Waals surface area contributed by atoms with Crippen molar-refractivity contribution in [3.8, 4) is 0 Å². The number of hydrogen-bond donors (Lipinski definition) is 1. The van der Waals surface area contributed by atoms with Crippen LogP contribution in [0, 0.1) is 5.41 Å². The van der Waals surface area contributed by atoms with Gasteiger partial charge in [0.25, 0.3) is 0 Å². The summed E-state index contributed by atoms with van der Waals surface area (Å²) in [7, 11) is 1.22. The highest BCUT2D eigenvalue weighted by molar-refractivity contribution is 7.59. The molecule has 1 unspecified atom stereocenters. The predicted molar refractivity (Wildman–Crippen MR) is 101 cm³/mol. The van der Waals surface area contributed by atoms with Crippen LogP contribution in [0.2, 0.25) is 0 Å². The molecular weight excluding hydrogens is 292 g/mol. The zero-order valence-corrected chi connectivity index (χ0v) is 16.5. The third-order valence-electron chi connectivity index (χ3n) is 5.09. The van der Waals surface area contributed by atoms with E-state index in [-0.39, 0.29) is 7.92 Å². The average molecular weight is 329 g/mol. The second-order valence-corrected chi connectivity index (χ2v) is 12.2. The molecule has 21 heavy (non-hydrogen) atoms. The van der Waals surface area contributed by atoms with Gasteiger partial charge < -0.3 is 0 Å². The fourth-order valence-corrected chi connectivity index (χ4v) is 8.86. The molecule has 0 aromatic rings. The molecule has 0 bridgehead atoms. The molecule has 0 amide bonds. The molecule has 2 aliphatic rings. The Bertz CT molecular complexity index is 257. The summed E-state index contributed by atoms with van der Waals surface area (Å²) in [6.07, 6.45) is 18.0. The van der Waals surface area contributed by atoms with Crippen molar-refractivity contribution in [1.82, 2.24) is 5.09 Å². The van der Waals surface area contributed by atoms with E-state index in [1.807, 2.05) is 0 Å². The normalized spacial score (nSPS) is 23.4. The van der Waals surface area contributed by atoms with E-state index in [4.69, 9.17) is 0 Å². The minimum atomic E-state index is 0.251. The highest BCUT2D eigenvalue weighted by Gasteiger charge is 2.30. The van der Waals surface area contributed by atoms with Gasteiger partial charge in [-0.1, -0.05) is 75.9 Å². The Labute approximate surface area is 136 Å². The first-order chi connectivity index (χ1) is 10.1. The van der Waals surface area contributed by atoms with Crippen molar-refractivity contribution in [1.29, 1.82) is 0 Å². The van der Waals surface area contributed by atoms with Crippen LogP contribution in [0.3, 0.4) is 0 Å². The first-order valence-corrected chi connectivity index (χ1v) is 12.1. The van der Waals surface area contributed by atoms with Crippen molar-refractivity contribution in [2.24, 2.45) is 5.41 Å². The molecule has 1 atom stereocenters. The summed E-state index contributed by atoms with van der Waals surface area (Å²) >= 11 is 0. The Kier molecular flexibility index (Phi) is 7.95. The molecule has 0 saturated heterocycles. The molecule has 0 radical (unpaired) electrons. The molecule has 0 heterocycles. The Morgan fingerprint density at radius 1 is 0.857 bits per heavy atom. The zero-order valence-electron chi connectivity index (χ0n) is 14.6. The van der Waals surface area contributed by atoms with Gasteiger partial charge in [-0.3, -0.25) is 5.09 Å². The second-order valence-electron chi connectivity index (χ2n) is 8.35. The standard InChI is InChI=1S/C18H37NP2/c1-18(2,3)14-20-19-15-21(16-10-6-4-7-11-16)17-12-8-5-9-13-17/h16-17,19-20H,4-15H2,1-3H3. The van der Waals surface area contributed by atoms with E-state index < -0.39 is 0 Å². The Morgan fingerprint density at radius 3 is 1.76 bits per heavy atom. The summed E-state index contributed by atoms with van der Waals surface area (Å²) in [6, 6.07) is 0. The van der Waals surface area contributed by atoms with Gasteiger partial charge in [0.15, 0.2) is 0 Å². The summed E-state index contributed by atoms with van der Waals surface area (Å²) in [6.45, 7) is 7.10. The minimum absolute atomic E-state index is 0.251. The SMILES string of the molecule is CC(C)(C)CPNCP(C1CCCCC1)C1CCCCC1. The predicted octanol–water partition coefficient (Wildman–Crippen LogP) is 6.32. The molecule has 2 saturated carbocycles. The summed E-state index contributed by atoms with van der Waals surface area (Å²) in [5.41, 5.74) is 2.69. The van der Waals surface area contributed by atoms with E-state index in [9.17, 15) is 0 Å². The molecule has 0 aromatic carbocycles. The van der Waals surface area contributed by atoms with Crippen LogP contribution in [0.1, 0.15) is 85.0 Å². The van der Waals surface area contributed by atoms with E-state index in [2.05, 4.69) is 25.9 Å². The first kappa shape index (κ1) is 18.2. The number of rotatable bonds is 6. The van der Waals surface area contributed by atoms with Gasteiger partial charge in [-0.25, -0.2) is 0 Å². The van der Waals surface area contributed by atoms with Crippen LogP contribution in [-0.4, -0.2) is 23.8 Å². The van der Waals surface area contributed by atoms with Gasteiger partial charge >= 0.3 is 0 Å². The fourth-order valence-electron chi connectivity index (χ4n) is 3.86. The highest BCUT2D eigenvalue weighted by atomic mass is 31.1. The van der Waals surface area contributed by atoms with Crippen molar-refractivity contribution in [3.05, 3.63) is 0 Å². The van der Waals surface area contributed by atoms with Crippen LogP contribution in [0.15, 0.2) is 0 Å². The second kappa shape index (κ2) is 9.20. The molecule has 0 spiro atoms. The van der Waals surface area contributed by atoms with Crippen LogP contribution < -0.4 is 5.09 Å². The van der Waals surface area contributed by atoms with Crippen molar-refractivity contribution in [2.45, 2.75) is 96.3 Å². The molecule has 3 heteroatoms. The van der Waals surface area contributed by atoms with Crippen molar-refractivity contribution >= 4 is 16.7 Å². The van der Waals surface area contributed by atoms with Gasteiger partial charge in [-0.15, -0.1) is 0 Å².